The van der Waals surface area contributed by atoms with Crippen LogP contribution in [0.25, 0.3) is 0 Å². The minimum absolute atomic E-state index is 0.536. The zero-order valence-electron chi connectivity index (χ0n) is 12.4. The molecule has 0 bridgehead atoms. The first-order chi connectivity index (χ1) is 8.90. The van der Waals surface area contributed by atoms with Gasteiger partial charge < -0.3 is 10.0 Å². The summed E-state index contributed by atoms with van der Waals surface area (Å²) in [4.78, 5) is 13.9. The molecule has 1 atom stereocenters. The number of benzene rings is 1. The summed E-state index contributed by atoms with van der Waals surface area (Å²) < 4.78 is 0. The molecule has 0 heterocycles. The van der Waals surface area contributed by atoms with Crippen LogP contribution < -0.4 is 0 Å². The fourth-order valence-electron chi connectivity index (χ4n) is 2.36. The molecule has 106 valence electrons. The van der Waals surface area contributed by atoms with E-state index in [1.807, 2.05) is 37.3 Å². The molecule has 0 saturated heterocycles. The minimum Gasteiger partial charge on any atom is -0.481 e. The van der Waals surface area contributed by atoms with E-state index in [0.717, 1.165) is 18.7 Å². The van der Waals surface area contributed by atoms with Gasteiger partial charge in [-0.2, -0.15) is 0 Å². The molecular weight excluding hydrogens is 238 g/mol. The van der Waals surface area contributed by atoms with Gasteiger partial charge in [0, 0.05) is 13.1 Å². The zero-order valence-corrected chi connectivity index (χ0v) is 12.4. The average molecular weight is 263 g/mol. The minimum atomic E-state index is -0.855. The number of nitrogens with zero attached hydrogens (tertiary/aromatic N) is 1. The van der Waals surface area contributed by atoms with Gasteiger partial charge in [0.15, 0.2) is 0 Å². The molecule has 1 rings (SSSR count). The fourth-order valence-corrected chi connectivity index (χ4v) is 2.36. The van der Waals surface area contributed by atoms with E-state index in [-0.39, 0.29) is 0 Å². The summed E-state index contributed by atoms with van der Waals surface area (Å²) in [5.41, 5.74) is 0.0105. The first kappa shape index (κ1) is 15.7. The number of rotatable bonds is 7. The molecule has 1 N–H and O–H groups in total. The van der Waals surface area contributed by atoms with Crippen LogP contribution in [0.3, 0.4) is 0 Å². The van der Waals surface area contributed by atoms with Crippen molar-refractivity contribution < 1.29 is 9.90 Å². The quantitative estimate of drug-likeness (QED) is 0.822. The Morgan fingerprint density at radius 2 is 1.89 bits per heavy atom. The number of carboxylic acid groups (broad SMARTS) is 1. The summed E-state index contributed by atoms with van der Waals surface area (Å²) in [7, 11) is 0. The van der Waals surface area contributed by atoms with Crippen LogP contribution in [0, 0.1) is 5.92 Å². The molecule has 19 heavy (non-hydrogen) atoms. The Balaban J connectivity index is 2.97. The highest BCUT2D eigenvalue weighted by atomic mass is 16.4. The average Bonchev–Trinajstić information content (AvgIpc) is 2.38. The van der Waals surface area contributed by atoms with E-state index in [4.69, 9.17) is 0 Å². The van der Waals surface area contributed by atoms with Crippen LogP contribution >= 0.6 is 0 Å². The largest absolute Gasteiger partial charge is 0.481 e. The van der Waals surface area contributed by atoms with E-state index in [1.165, 1.54) is 0 Å². The predicted octanol–water partition coefficient (Wildman–Crippen LogP) is 3.01. The van der Waals surface area contributed by atoms with Crippen molar-refractivity contribution in [3.63, 3.8) is 0 Å². The van der Waals surface area contributed by atoms with Crippen molar-refractivity contribution in [1.82, 2.24) is 4.90 Å². The van der Waals surface area contributed by atoms with Crippen LogP contribution in [0.1, 0.15) is 33.3 Å². The Morgan fingerprint density at radius 1 is 1.32 bits per heavy atom. The van der Waals surface area contributed by atoms with Gasteiger partial charge in [-0.1, -0.05) is 51.1 Å². The number of hydrogen-bond acceptors (Lipinski definition) is 2. The number of carboxylic acids is 1. The second-order valence-electron chi connectivity index (χ2n) is 5.72. The molecule has 1 aromatic carbocycles. The Bertz CT molecular complexity index is 402. The summed E-state index contributed by atoms with van der Waals surface area (Å²) >= 11 is 0. The second kappa shape index (κ2) is 6.71. The lowest BCUT2D eigenvalue weighted by Gasteiger charge is -2.33. The normalized spacial score (nSPS) is 14.6. The highest BCUT2D eigenvalue weighted by molar-refractivity contribution is 5.81. The molecule has 1 unspecified atom stereocenters. The molecule has 1 aromatic rings. The molecular formula is C16H25NO2. The van der Waals surface area contributed by atoms with Gasteiger partial charge in [0.1, 0.15) is 5.41 Å². The van der Waals surface area contributed by atoms with E-state index >= 15 is 0 Å². The van der Waals surface area contributed by atoms with Crippen molar-refractivity contribution in [2.75, 3.05) is 19.6 Å². The maximum absolute atomic E-state index is 11.7. The van der Waals surface area contributed by atoms with E-state index in [0.29, 0.717) is 12.5 Å². The highest BCUT2D eigenvalue weighted by Gasteiger charge is 2.36. The second-order valence-corrected chi connectivity index (χ2v) is 5.72. The van der Waals surface area contributed by atoms with Crippen molar-refractivity contribution in [2.24, 2.45) is 5.92 Å². The smallest absolute Gasteiger partial charge is 0.315 e. The maximum atomic E-state index is 11.7. The van der Waals surface area contributed by atoms with E-state index in [9.17, 15) is 9.90 Å². The summed E-state index contributed by atoms with van der Waals surface area (Å²) in [5.74, 6) is -0.227. The van der Waals surface area contributed by atoms with Crippen LogP contribution in [0.5, 0.6) is 0 Å². The predicted molar refractivity (Wildman–Crippen MR) is 78.4 cm³/mol. The van der Waals surface area contributed by atoms with Crippen molar-refractivity contribution in [2.45, 2.75) is 33.1 Å². The first-order valence-electron chi connectivity index (χ1n) is 6.91. The van der Waals surface area contributed by atoms with Crippen LogP contribution in [0.2, 0.25) is 0 Å². The Kier molecular flexibility index (Phi) is 5.55. The van der Waals surface area contributed by atoms with Crippen LogP contribution in [0.15, 0.2) is 30.3 Å². The Morgan fingerprint density at radius 3 is 2.32 bits per heavy atom. The molecule has 3 nitrogen and oxygen atoms in total. The van der Waals surface area contributed by atoms with Gasteiger partial charge in [0.25, 0.3) is 0 Å². The molecule has 0 spiro atoms. The topological polar surface area (TPSA) is 40.5 Å². The Hall–Kier alpha value is -1.35. The van der Waals surface area contributed by atoms with Crippen LogP contribution in [-0.2, 0) is 10.2 Å². The van der Waals surface area contributed by atoms with Crippen LogP contribution in [0.4, 0.5) is 0 Å². The maximum Gasteiger partial charge on any atom is 0.315 e. The zero-order chi connectivity index (χ0) is 14.5. The highest BCUT2D eigenvalue weighted by Crippen LogP contribution is 2.25. The summed E-state index contributed by atoms with van der Waals surface area (Å²) in [6, 6.07) is 9.51. The molecule has 0 fully saturated rings. The molecule has 0 radical (unpaired) electrons. The Labute approximate surface area is 116 Å². The number of hydrogen-bond donors (Lipinski definition) is 1. The van der Waals surface area contributed by atoms with Gasteiger partial charge in [-0.15, -0.1) is 0 Å². The molecule has 3 heteroatoms. The van der Waals surface area contributed by atoms with E-state index in [1.54, 1.807) is 0 Å². The van der Waals surface area contributed by atoms with E-state index < -0.39 is 11.4 Å². The molecule has 0 saturated carbocycles. The third kappa shape index (κ3) is 4.06. The fraction of sp³-hybridized carbons (Fsp3) is 0.562. The monoisotopic (exact) mass is 263 g/mol. The van der Waals surface area contributed by atoms with Gasteiger partial charge in [0.05, 0.1) is 0 Å². The lowest BCUT2D eigenvalue weighted by molar-refractivity contribution is -0.144. The first-order valence-corrected chi connectivity index (χ1v) is 6.91. The summed E-state index contributed by atoms with van der Waals surface area (Å²) in [6.07, 6.45) is 0. The molecule has 0 aliphatic rings. The lowest BCUT2D eigenvalue weighted by Crippen LogP contribution is -2.45. The van der Waals surface area contributed by atoms with E-state index in [2.05, 4.69) is 25.7 Å². The number of aliphatic carboxylic acids is 1. The van der Waals surface area contributed by atoms with Crippen molar-refractivity contribution in [3.05, 3.63) is 35.9 Å². The number of likely N-dealkylation sites (N-methyl/N-ethyl adjacent to an activating group) is 1. The van der Waals surface area contributed by atoms with Crippen molar-refractivity contribution in [3.8, 4) is 0 Å². The molecule has 0 aliphatic heterocycles. The van der Waals surface area contributed by atoms with Gasteiger partial charge in [0.2, 0.25) is 0 Å². The van der Waals surface area contributed by atoms with Crippen molar-refractivity contribution >= 4 is 5.97 Å². The van der Waals surface area contributed by atoms with Gasteiger partial charge in [-0.3, -0.25) is 4.79 Å². The summed E-state index contributed by atoms with van der Waals surface area (Å²) in [5, 5.41) is 9.64. The summed E-state index contributed by atoms with van der Waals surface area (Å²) in [6.45, 7) is 10.5. The standard InChI is InChI=1S/C16H25NO2/c1-5-17(11-13(2)3)12-16(4,15(18)19)14-9-7-6-8-10-14/h6-10,13H,5,11-12H2,1-4H3,(H,18,19). The molecule has 0 amide bonds. The number of carbonyl (C=O) groups is 1. The van der Waals surface area contributed by atoms with Gasteiger partial charge in [-0.25, -0.2) is 0 Å². The van der Waals surface area contributed by atoms with Gasteiger partial charge in [-0.05, 0) is 24.9 Å². The molecule has 0 aromatic heterocycles. The lowest BCUT2D eigenvalue weighted by atomic mass is 9.82. The molecule has 0 aliphatic carbocycles. The van der Waals surface area contributed by atoms with Crippen molar-refractivity contribution in [1.29, 1.82) is 0 Å². The third-order valence-corrected chi connectivity index (χ3v) is 3.49. The van der Waals surface area contributed by atoms with Crippen LogP contribution in [-0.4, -0.2) is 35.6 Å². The third-order valence-electron chi connectivity index (χ3n) is 3.49. The SMILES string of the molecule is CCN(CC(C)C)CC(C)(C(=O)O)c1ccccc1. The van der Waals surface area contributed by atoms with Gasteiger partial charge >= 0.3 is 5.97 Å².